The fourth-order valence-corrected chi connectivity index (χ4v) is 1.99. The van der Waals surface area contributed by atoms with Crippen molar-refractivity contribution in [3.63, 3.8) is 0 Å². The molecule has 0 saturated carbocycles. The third-order valence-electron chi connectivity index (χ3n) is 2.89. The van der Waals surface area contributed by atoms with E-state index >= 15 is 0 Å². The summed E-state index contributed by atoms with van der Waals surface area (Å²) < 4.78 is 15.2. The fraction of sp³-hybridized carbons (Fsp3) is 0.0714. The molecule has 3 rings (SSSR count). The highest BCUT2D eigenvalue weighted by Crippen LogP contribution is 2.17. The Hall–Kier alpha value is -2.74. The lowest BCUT2D eigenvalue weighted by Crippen LogP contribution is -2.03. The molecule has 0 aliphatic carbocycles. The molecule has 0 bridgehead atoms. The van der Waals surface area contributed by atoms with Gasteiger partial charge < -0.3 is 0 Å². The first-order chi connectivity index (χ1) is 9.29. The Balaban J connectivity index is 2.12. The van der Waals surface area contributed by atoms with Crippen LogP contribution in [0.15, 0.2) is 42.6 Å². The van der Waals surface area contributed by atoms with E-state index in [4.69, 9.17) is 5.26 Å². The largest absolute Gasteiger partial charge is 0.257 e. The van der Waals surface area contributed by atoms with Crippen LogP contribution in [0.3, 0.4) is 0 Å². The quantitative estimate of drug-likeness (QED) is 0.704. The van der Waals surface area contributed by atoms with Gasteiger partial charge in [-0.05, 0) is 18.2 Å². The van der Waals surface area contributed by atoms with Gasteiger partial charge in [-0.3, -0.25) is 9.67 Å². The van der Waals surface area contributed by atoms with Crippen LogP contribution >= 0.6 is 0 Å². The van der Waals surface area contributed by atoms with Crippen molar-refractivity contribution in [3.8, 4) is 6.07 Å². The average molecular weight is 252 g/mol. The zero-order chi connectivity index (χ0) is 13.2. The topological polar surface area (TPSA) is 54.5 Å². The molecule has 2 aromatic heterocycles. The molecule has 0 aliphatic heterocycles. The Labute approximate surface area is 108 Å². The normalized spacial score (nSPS) is 10.5. The molecule has 4 nitrogen and oxygen atoms in total. The molecule has 1 aromatic carbocycles. The van der Waals surface area contributed by atoms with E-state index < -0.39 is 0 Å². The van der Waals surface area contributed by atoms with Gasteiger partial charge in [0.05, 0.1) is 12.1 Å². The van der Waals surface area contributed by atoms with Crippen LogP contribution in [0.1, 0.15) is 11.3 Å². The summed E-state index contributed by atoms with van der Waals surface area (Å²) in [5.74, 6) is -0.284. The molecule has 2 heterocycles. The van der Waals surface area contributed by atoms with Gasteiger partial charge in [0.2, 0.25) is 0 Å². The average Bonchev–Trinajstić information content (AvgIpc) is 2.80. The van der Waals surface area contributed by atoms with E-state index in [1.54, 1.807) is 35.1 Å². The number of rotatable bonds is 2. The fourth-order valence-electron chi connectivity index (χ4n) is 1.99. The second-order valence-electron chi connectivity index (χ2n) is 4.08. The summed E-state index contributed by atoms with van der Waals surface area (Å²) >= 11 is 0. The molecule has 0 spiro atoms. The van der Waals surface area contributed by atoms with E-state index in [1.165, 1.54) is 6.07 Å². The Morgan fingerprint density at radius 2 is 2.05 bits per heavy atom. The van der Waals surface area contributed by atoms with Crippen LogP contribution in [0.4, 0.5) is 4.39 Å². The summed E-state index contributed by atoms with van der Waals surface area (Å²) in [6.07, 6.45) is 1.61. The number of pyridine rings is 1. The minimum atomic E-state index is -0.284. The maximum Gasteiger partial charge on any atom is 0.188 e. The monoisotopic (exact) mass is 252 g/mol. The molecule has 0 fully saturated rings. The summed E-state index contributed by atoms with van der Waals surface area (Å²) in [6.45, 7) is 0.274. The molecule has 0 N–H and O–H groups in total. The van der Waals surface area contributed by atoms with E-state index in [-0.39, 0.29) is 18.1 Å². The number of aromatic nitrogens is 3. The number of benzene rings is 1. The van der Waals surface area contributed by atoms with Gasteiger partial charge in [0.15, 0.2) is 5.69 Å². The number of nitrogens with zero attached hydrogens (tertiary/aromatic N) is 4. The predicted molar refractivity (Wildman–Crippen MR) is 67.7 cm³/mol. The second kappa shape index (κ2) is 4.50. The van der Waals surface area contributed by atoms with Crippen molar-refractivity contribution in [2.45, 2.75) is 6.54 Å². The van der Waals surface area contributed by atoms with E-state index in [0.29, 0.717) is 11.1 Å². The number of hydrogen-bond acceptors (Lipinski definition) is 3. The first kappa shape index (κ1) is 11.4. The maximum atomic E-state index is 13.6. The zero-order valence-electron chi connectivity index (χ0n) is 9.92. The highest BCUT2D eigenvalue weighted by atomic mass is 19.1. The van der Waals surface area contributed by atoms with E-state index in [9.17, 15) is 4.39 Å². The lowest BCUT2D eigenvalue weighted by Gasteiger charge is -2.04. The van der Waals surface area contributed by atoms with Gasteiger partial charge in [-0.2, -0.15) is 10.4 Å². The van der Waals surface area contributed by atoms with Gasteiger partial charge in [-0.25, -0.2) is 4.39 Å². The third-order valence-corrected chi connectivity index (χ3v) is 2.89. The summed E-state index contributed by atoms with van der Waals surface area (Å²) in [7, 11) is 0. The van der Waals surface area contributed by atoms with Crippen molar-refractivity contribution in [1.29, 1.82) is 5.26 Å². The van der Waals surface area contributed by atoms with Gasteiger partial charge in [-0.15, -0.1) is 0 Å². The van der Waals surface area contributed by atoms with Crippen LogP contribution in [0.2, 0.25) is 0 Å². The summed E-state index contributed by atoms with van der Waals surface area (Å²) in [6, 6.07) is 12.1. The summed E-state index contributed by atoms with van der Waals surface area (Å²) in [5, 5.41) is 13.2. The maximum absolute atomic E-state index is 13.6. The Morgan fingerprint density at radius 1 is 1.21 bits per heavy atom. The number of hydrogen-bond donors (Lipinski definition) is 0. The van der Waals surface area contributed by atoms with Gasteiger partial charge in [0.25, 0.3) is 0 Å². The van der Waals surface area contributed by atoms with Gasteiger partial charge in [-0.1, -0.05) is 18.2 Å². The van der Waals surface area contributed by atoms with Crippen LogP contribution in [0, 0.1) is 17.1 Å². The lowest BCUT2D eigenvalue weighted by atomic mass is 10.2. The molecular weight excluding hydrogens is 243 g/mol. The third kappa shape index (κ3) is 1.93. The van der Waals surface area contributed by atoms with Gasteiger partial charge in [0, 0.05) is 11.8 Å². The van der Waals surface area contributed by atoms with Crippen LogP contribution in [0.5, 0.6) is 0 Å². The molecule has 5 heteroatoms. The Morgan fingerprint density at radius 3 is 2.84 bits per heavy atom. The Bertz CT molecular complexity index is 785. The highest BCUT2D eigenvalue weighted by Gasteiger charge is 2.12. The van der Waals surface area contributed by atoms with Crippen LogP contribution < -0.4 is 0 Å². The SMILES string of the molecule is N#Cc1nn(Cc2ccccc2F)c2cccnc12. The number of halogens is 1. The number of nitriles is 1. The molecule has 0 atom stereocenters. The second-order valence-corrected chi connectivity index (χ2v) is 4.08. The van der Waals surface area contributed by atoms with Crippen LogP contribution in [-0.4, -0.2) is 14.8 Å². The zero-order valence-corrected chi connectivity index (χ0v) is 9.92. The van der Waals surface area contributed by atoms with Crippen molar-refractivity contribution in [1.82, 2.24) is 14.8 Å². The summed E-state index contributed by atoms with van der Waals surface area (Å²) in [4.78, 5) is 4.14. The lowest BCUT2D eigenvalue weighted by molar-refractivity contribution is 0.590. The van der Waals surface area contributed by atoms with Crippen molar-refractivity contribution in [2.75, 3.05) is 0 Å². The predicted octanol–water partition coefficient (Wildman–Crippen LogP) is 2.49. The first-order valence-electron chi connectivity index (χ1n) is 5.74. The molecule has 0 radical (unpaired) electrons. The molecule has 0 aliphatic rings. The standard InChI is InChI=1S/C14H9FN4/c15-11-5-2-1-4-10(11)9-19-13-6-3-7-17-14(13)12(8-16)18-19/h1-7H,9H2. The van der Waals surface area contributed by atoms with Crippen molar-refractivity contribution in [2.24, 2.45) is 0 Å². The minimum absolute atomic E-state index is 0.256. The molecule has 3 aromatic rings. The van der Waals surface area contributed by atoms with Crippen molar-refractivity contribution < 1.29 is 4.39 Å². The van der Waals surface area contributed by atoms with Crippen molar-refractivity contribution >= 4 is 11.0 Å². The van der Waals surface area contributed by atoms with E-state index in [0.717, 1.165) is 5.52 Å². The van der Waals surface area contributed by atoms with Gasteiger partial charge in [0.1, 0.15) is 17.4 Å². The van der Waals surface area contributed by atoms with Crippen LogP contribution in [-0.2, 0) is 6.54 Å². The molecule has 19 heavy (non-hydrogen) atoms. The van der Waals surface area contributed by atoms with Crippen molar-refractivity contribution in [3.05, 3.63) is 59.7 Å². The van der Waals surface area contributed by atoms with E-state index in [1.807, 2.05) is 12.1 Å². The minimum Gasteiger partial charge on any atom is -0.257 e. The van der Waals surface area contributed by atoms with E-state index in [2.05, 4.69) is 10.1 Å². The molecule has 92 valence electrons. The molecule has 0 amide bonds. The molecular formula is C14H9FN4. The Kier molecular flexibility index (Phi) is 2.69. The van der Waals surface area contributed by atoms with Crippen LogP contribution in [0.25, 0.3) is 11.0 Å². The highest BCUT2D eigenvalue weighted by molar-refractivity contribution is 5.79. The summed E-state index contributed by atoms with van der Waals surface area (Å²) in [5.41, 5.74) is 2.05. The smallest absolute Gasteiger partial charge is 0.188 e. The number of fused-ring (bicyclic) bond motifs is 1. The molecule has 0 saturated heterocycles. The molecule has 0 unspecified atom stereocenters. The van der Waals surface area contributed by atoms with Gasteiger partial charge >= 0.3 is 0 Å². The first-order valence-corrected chi connectivity index (χ1v) is 5.74.